The van der Waals surface area contributed by atoms with Crippen LogP contribution in [0.5, 0.6) is 0 Å². The van der Waals surface area contributed by atoms with Crippen molar-refractivity contribution < 1.29 is 19.4 Å². The number of carboxylic acids is 1. The van der Waals surface area contributed by atoms with E-state index in [1.807, 2.05) is 30.3 Å². The first-order valence-corrected chi connectivity index (χ1v) is 7.84. The molecule has 0 bridgehead atoms. The van der Waals surface area contributed by atoms with Crippen molar-refractivity contribution in [2.75, 3.05) is 0 Å². The van der Waals surface area contributed by atoms with Crippen LogP contribution in [-0.4, -0.2) is 23.2 Å². The standard InChI is InChI=1S/C18H18ClNO4/c19-15-8-6-13(7-9-15)10-16(11-17(21)22)20-18(23)24-12-14-4-2-1-3-5-14/h1-9,16H,10-12H2,(H,20,23)(H,21,22)/t16-/m1/s1. The summed E-state index contributed by atoms with van der Waals surface area (Å²) >= 11 is 5.83. The molecule has 126 valence electrons. The molecule has 0 heterocycles. The molecule has 0 fully saturated rings. The normalized spacial score (nSPS) is 11.5. The Labute approximate surface area is 145 Å². The van der Waals surface area contributed by atoms with Crippen LogP contribution in [0.4, 0.5) is 4.79 Å². The highest BCUT2D eigenvalue weighted by molar-refractivity contribution is 6.30. The van der Waals surface area contributed by atoms with Gasteiger partial charge in [-0.3, -0.25) is 4.79 Å². The lowest BCUT2D eigenvalue weighted by Gasteiger charge is -2.17. The minimum absolute atomic E-state index is 0.132. The molecule has 0 saturated carbocycles. The highest BCUT2D eigenvalue weighted by Crippen LogP contribution is 2.12. The van der Waals surface area contributed by atoms with Crippen LogP contribution in [-0.2, 0) is 22.6 Å². The Bertz CT molecular complexity index is 673. The van der Waals surface area contributed by atoms with Crippen LogP contribution in [0.1, 0.15) is 17.5 Å². The van der Waals surface area contributed by atoms with Gasteiger partial charge in [0.15, 0.2) is 0 Å². The third kappa shape index (κ3) is 6.30. The van der Waals surface area contributed by atoms with Crippen LogP contribution in [0.25, 0.3) is 0 Å². The molecule has 5 nitrogen and oxygen atoms in total. The van der Waals surface area contributed by atoms with Gasteiger partial charge >= 0.3 is 12.1 Å². The first-order chi connectivity index (χ1) is 11.5. The number of hydrogen-bond acceptors (Lipinski definition) is 3. The Morgan fingerprint density at radius 3 is 2.33 bits per heavy atom. The Morgan fingerprint density at radius 1 is 1.04 bits per heavy atom. The van der Waals surface area contributed by atoms with Crippen LogP contribution in [0.3, 0.4) is 0 Å². The second kappa shape index (κ2) is 8.93. The number of alkyl carbamates (subject to hydrolysis) is 1. The molecule has 0 aliphatic heterocycles. The van der Waals surface area contributed by atoms with E-state index >= 15 is 0 Å². The highest BCUT2D eigenvalue weighted by Gasteiger charge is 2.17. The van der Waals surface area contributed by atoms with Gasteiger partial charge in [-0.25, -0.2) is 4.79 Å². The maximum atomic E-state index is 11.9. The fourth-order valence-corrected chi connectivity index (χ4v) is 2.35. The number of benzene rings is 2. The summed E-state index contributed by atoms with van der Waals surface area (Å²) in [6, 6.07) is 15.7. The number of amides is 1. The zero-order valence-electron chi connectivity index (χ0n) is 12.9. The van der Waals surface area contributed by atoms with Crippen molar-refractivity contribution in [3.63, 3.8) is 0 Å². The van der Waals surface area contributed by atoms with E-state index in [0.717, 1.165) is 11.1 Å². The lowest BCUT2D eigenvalue weighted by Crippen LogP contribution is -2.38. The topological polar surface area (TPSA) is 75.6 Å². The van der Waals surface area contributed by atoms with Crippen LogP contribution in [0.15, 0.2) is 54.6 Å². The largest absolute Gasteiger partial charge is 0.481 e. The van der Waals surface area contributed by atoms with Crippen LogP contribution < -0.4 is 5.32 Å². The molecule has 0 aliphatic carbocycles. The van der Waals surface area contributed by atoms with Crippen LogP contribution in [0, 0.1) is 0 Å². The van der Waals surface area contributed by atoms with E-state index in [9.17, 15) is 9.59 Å². The third-order valence-corrected chi connectivity index (χ3v) is 3.60. The molecular weight excluding hydrogens is 330 g/mol. The lowest BCUT2D eigenvalue weighted by atomic mass is 10.0. The number of hydrogen-bond donors (Lipinski definition) is 2. The molecule has 24 heavy (non-hydrogen) atoms. The molecule has 1 amide bonds. The van der Waals surface area contributed by atoms with Gasteiger partial charge in [0.1, 0.15) is 6.61 Å². The van der Waals surface area contributed by atoms with E-state index in [2.05, 4.69) is 5.32 Å². The maximum absolute atomic E-state index is 11.9. The summed E-state index contributed by atoms with van der Waals surface area (Å²) in [6.07, 6.45) is -0.452. The van der Waals surface area contributed by atoms with Gasteiger partial charge in [-0.05, 0) is 29.7 Å². The van der Waals surface area contributed by atoms with E-state index in [0.29, 0.717) is 11.4 Å². The number of carbonyl (C=O) groups is 2. The average molecular weight is 348 g/mol. The quantitative estimate of drug-likeness (QED) is 0.801. The van der Waals surface area contributed by atoms with E-state index in [1.165, 1.54) is 0 Å². The predicted octanol–water partition coefficient (Wildman–Crippen LogP) is 3.65. The van der Waals surface area contributed by atoms with Gasteiger partial charge in [-0.2, -0.15) is 0 Å². The molecule has 2 rings (SSSR count). The summed E-state index contributed by atoms with van der Waals surface area (Å²) in [5.41, 5.74) is 1.74. The second-order valence-electron chi connectivity index (χ2n) is 5.33. The fourth-order valence-electron chi connectivity index (χ4n) is 2.22. The fraction of sp³-hybridized carbons (Fsp3) is 0.222. The molecule has 0 saturated heterocycles. The predicted molar refractivity (Wildman–Crippen MR) is 91.0 cm³/mol. The van der Waals surface area contributed by atoms with Crippen LogP contribution >= 0.6 is 11.6 Å². The number of halogens is 1. The summed E-state index contributed by atoms with van der Waals surface area (Å²) < 4.78 is 5.13. The van der Waals surface area contributed by atoms with Crippen molar-refractivity contribution in [2.24, 2.45) is 0 Å². The van der Waals surface area contributed by atoms with Gasteiger partial charge in [0, 0.05) is 11.1 Å². The van der Waals surface area contributed by atoms with Gasteiger partial charge in [0.2, 0.25) is 0 Å². The number of nitrogens with one attached hydrogen (secondary N) is 1. The van der Waals surface area contributed by atoms with Crippen molar-refractivity contribution in [2.45, 2.75) is 25.5 Å². The van der Waals surface area contributed by atoms with Gasteiger partial charge in [-0.15, -0.1) is 0 Å². The Kier molecular flexibility index (Phi) is 6.63. The van der Waals surface area contributed by atoms with Crippen molar-refractivity contribution >= 4 is 23.7 Å². The number of carbonyl (C=O) groups excluding carboxylic acids is 1. The zero-order chi connectivity index (χ0) is 17.4. The Morgan fingerprint density at radius 2 is 1.71 bits per heavy atom. The first kappa shape index (κ1) is 17.8. The van der Waals surface area contributed by atoms with E-state index in [-0.39, 0.29) is 13.0 Å². The number of ether oxygens (including phenoxy) is 1. The Balaban J connectivity index is 1.91. The molecule has 2 aromatic rings. The zero-order valence-corrected chi connectivity index (χ0v) is 13.7. The first-order valence-electron chi connectivity index (χ1n) is 7.46. The van der Waals surface area contributed by atoms with Crippen molar-refractivity contribution in [3.05, 3.63) is 70.7 Å². The molecule has 1 atom stereocenters. The molecular formula is C18H18ClNO4. The lowest BCUT2D eigenvalue weighted by molar-refractivity contribution is -0.137. The minimum Gasteiger partial charge on any atom is -0.481 e. The van der Waals surface area contributed by atoms with E-state index in [4.69, 9.17) is 21.4 Å². The van der Waals surface area contributed by atoms with Gasteiger partial charge < -0.3 is 15.2 Å². The molecule has 0 radical (unpaired) electrons. The molecule has 0 spiro atoms. The van der Waals surface area contributed by atoms with Crippen molar-refractivity contribution in [1.82, 2.24) is 5.32 Å². The molecule has 2 aromatic carbocycles. The average Bonchev–Trinajstić information content (AvgIpc) is 2.55. The molecule has 0 aromatic heterocycles. The summed E-state index contributed by atoms with van der Waals surface area (Å²) in [4.78, 5) is 22.9. The van der Waals surface area contributed by atoms with Gasteiger partial charge in [0.05, 0.1) is 6.42 Å². The third-order valence-electron chi connectivity index (χ3n) is 3.35. The second-order valence-corrected chi connectivity index (χ2v) is 5.77. The van der Waals surface area contributed by atoms with Crippen molar-refractivity contribution in [1.29, 1.82) is 0 Å². The maximum Gasteiger partial charge on any atom is 0.407 e. The monoisotopic (exact) mass is 347 g/mol. The Hall–Kier alpha value is -2.53. The van der Waals surface area contributed by atoms with Crippen molar-refractivity contribution in [3.8, 4) is 0 Å². The van der Waals surface area contributed by atoms with E-state index < -0.39 is 18.1 Å². The van der Waals surface area contributed by atoms with E-state index in [1.54, 1.807) is 24.3 Å². The number of carboxylic acid groups (broad SMARTS) is 1. The molecule has 0 aliphatic rings. The summed E-state index contributed by atoms with van der Waals surface area (Å²) in [6.45, 7) is 0.132. The smallest absolute Gasteiger partial charge is 0.407 e. The minimum atomic E-state index is -0.989. The highest BCUT2D eigenvalue weighted by atomic mass is 35.5. The molecule has 0 unspecified atom stereocenters. The van der Waals surface area contributed by atoms with Crippen LogP contribution in [0.2, 0.25) is 5.02 Å². The summed E-state index contributed by atoms with van der Waals surface area (Å²) in [7, 11) is 0. The van der Waals surface area contributed by atoms with Gasteiger partial charge in [-0.1, -0.05) is 54.1 Å². The summed E-state index contributed by atoms with van der Waals surface area (Å²) in [5, 5.41) is 12.2. The summed E-state index contributed by atoms with van der Waals surface area (Å²) in [5.74, 6) is -0.989. The number of rotatable bonds is 7. The SMILES string of the molecule is O=C(O)C[C@@H](Cc1ccc(Cl)cc1)NC(=O)OCc1ccccc1. The number of aliphatic carboxylic acids is 1. The molecule has 2 N–H and O–H groups in total. The van der Waals surface area contributed by atoms with Gasteiger partial charge in [0.25, 0.3) is 0 Å². The molecule has 6 heteroatoms.